The first-order valence-corrected chi connectivity index (χ1v) is 6.66. The second-order valence-electron chi connectivity index (χ2n) is 5.40. The molecule has 18 heavy (non-hydrogen) atoms. The Morgan fingerprint density at radius 1 is 1.50 bits per heavy atom. The summed E-state index contributed by atoms with van der Waals surface area (Å²) in [5.74, 6) is 0.656. The summed E-state index contributed by atoms with van der Waals surface area (Å²) in [7, 11) is 0. The molecule has 1 fully saturated rings. The first kappa shape index (κ1) is 11.7. The number of benzene rings is 1. The Bertz CT molecular complexity index is 497. The highest BCUT2D eigenvalue weighted by molar-refractivity contribution is 6.00. The van der Waals surface area contributed by atoms with E-state index in [0.29, 0.717) is 23.7 Å². The maximum atomic E-state index is 13.2. The van der Waals surface area contributed by atoms with Crippen LogP contribution < -0.4 is 4.74 Å². The third kappa shape index (κ3) is 1.64. The molecule has 96 valence electrons. The second kappa shape index (κ2) is 4.08. The van der Waals surface area contributed by atoms with Crippen LogP contribution in [-0.2, 0) is 0 Å². The van der Waals surface area contributed by atoms with Crippen molar-refractivity contribution in [1.82, 2.24) is 0 Å². The minimum absolute atomic E-state index is 0.0242. The van der Waals surface area contributed by atoms with Gasteiger partial charge < -0.3 is 4.74 Å². The monoisotopic (exact) mass is 248 g/mol. The maximum absolute atomic E-state index is 13.2. The largest absolute Gasteiger partial charge is 0.486 e. The van der Waals surface area contributed by atoms with Crippen LogP contribution >= 0.6 is 0 Å². The lowest BCUT2D eigenvalue weighted by Gasteiger charge is -2.39. The summed E-state index contributed by atoms with van der Waals surface area (Å²) in [5.41, 5.74) is 0.0822. The molecule has 0 aromatic heterocycles. The van der Waals surface area contributed by atoms with Crippen molar-refractivity contribution >= 4 is 5.78 Å². The summed E-state index contributed by atoms with van der Waals surface area (Å²) < 4.78 is 19.3. The van der Waals surface area contributed by atoms with Crippen molar-refractivity contribution < 1.29 is 13.9 Å². The predicted molar refractivity (Wildman–Crippen MR) is 66.3 cm³/mol. The van der Waals surface area contributed by atoms with Crippen molar-refractivity contribution in [2.75, 3.05) is 0 Å². The first-order valence-electron chi connectivity index (χ1n) is 6.66. The van der Waals surface area contributed by atoms with Gasteiger partial charge >= 0.3 is 0 Å². The van der Waals surface area contributed by atoms with Gasteiger partial charge in [-0.25, -0.2) is 4.39 Å². The van der Waals surface area contributed by atoms with Crippen LogP contribution in [0.1, 0.15) is 49.4 Å². The van der Waals surface area contributed by atoms with Gasteiger partial charge in [0.1, 0.15) is 17.2 Å². The van der Waals surface area contributed by atoms with E-state index in [1.165, 1.54) is 12.1 Å². The van der Waals surface area contributed by atoms with Gasteiger partial charge in [0.25, 0.3) is 0 Å². The third-order valence-electron chi connectivity index (χ3n) is 4.40. The number of rotatable bonds is 1. The number of carbonyl (C=O) groups is 1. The van der Waals surface area contributed by atoms with E-state index in [9.17, 15) is 9.18 Å². The quantitative estimate of drug-likeness (QED) is 0.756. The lowest BCUT2D eigenvalue weighted by atomic mass is 9.81. The normalized spacial score (nSPS) is 30.3. The van der Waals surface area contributed by atoms with Crippen LogP contribution in [0.3, 0.4) is 0 Å². The highest BCUT2D eigenvalue weighted by atomic mass is 19.1. The van der Waals surface area contributed by atoms with Crippen LogP contribution in [0.2, 0.25) is 0 Å². The van der Waals surface area contributed by atoms with E-state index in [0.717, 1.165) is 25.7 Å². The van der Waals surface area contributed by atoms with Gasteiger partial charge in [-0.05, 0) is 49.8 Å². The molecule has 0 radical (unpaired) electrons. The van der Waals surface area contributed by atoms with Gasteiger partial charge in [-0.3, -0.25) is 4.79 Å². The molecule has 0 amide bonds. The highest BCUT2D eigenvalue weighted by Crippen LogP contribution is 2.47. The van der Waals surface area contributed by atoms with Gasteiger partial charge in [0.05, 0.1) is 12.0 Å². The Balaban J connectivity index is 2.01. The summed E-state index contributed by atoms with van der Waals surface area (Å²) in [6.07, 6.45) is 4.61. The SMILES string of the molecule is CCC1CCCC12CC(=O)c1cc(F)ccc1O2. The molecule has 2 nitrogen and oxygen atoms in total. The van der Waals surface area contributed by atoms with Gasteiger partial charge in [-0.1, -0.05) is 6.92 Å². The predicted octanol–water partition coefficient (Wildman–Crippen LogP) is 3.74. The number of carbonyl (C=O) groups excluding carboxylic acids is 1. The Morgan fingerprint density at radius 3 is 3.11 bits per heavy atom. The highest BCUT2D eigenvalue weighted by Gasteiger charge is 2.48. The topological polar surface area (TPSA) is 26.3 Å². The van der Waals surface area contributed by atoms with E-state index in [-0.39, 0.29) is 17.2 Å². The fraction of sp³-hybridized carbons (Fsp3) is 0.533. The number of halogens is 1. The van der Waals surface area contributed by atoms with Crippen LogP contribution in [-0.4, -0.2) is 11.4 Å². The number of Topliss-reactive ketones (excluding diaryl/α,β-unsaturated/α-hetero) is 1. The molecule has 1 aliphatic carbocycles. The zero-order chi connectivity index (χ0) is 12.8. The average Bonchev–Trinajstić information content (AvgIpc) is 2.72. The lowest BCUT2D eigenvalue weighted by molar-refractivity contribution is 0.0112. The summed E-state index contributed by atoms with van der Waals surface area (Å²) in [4.78, 5) is 12.2. The summed E-state index contributed by atoms with van der Waals surface area (Å²) >= 11 is 0. The maximum Gasteiger partial charge on any atom is 0.170 e. The van der Waals surface area contributed by atoms with Crippen LogP contribution in [0.15, 0.2) is 18.2 Å². The van der Waals surface area contributed by atoms with Crippen LogP contribution in [0.25, 0.3) is 0 Å². The standard InChI is InChI=1S/C15H17FO2/c1-2-10-4-3-7-15(10)9-13(17)12-8-11(16)5-6-14(12)18-15/h5-6,8,10H,2-4,7,9H2,1H3. The van der Waals surface area contributed by atoms with Crippen molar-refractivity contribution in [3.05, 3.63) is 29.6 Å². The van der Waals surface area contributed by atoms with Gasteiger partial charge in [0.15, 0.2) is 5.78 Å². The fourth-order valence-corrected chi connectivity index (χ4v) is 3.49. The van der Waals surface area contributed by atoms with Crippen molar-refractivity contribution in [3.8, 4) is 5.75 Å². The molecule has 1 heterocycles. The molecule has 1 aromatic carbocycles. The summed E-state index contributed by atoms with van der Waals surface area (Å²) in [6.45, 7) is 2.14. The summed E-state index contributed by atoms with van der Waals surface area (Å²) in [6, 6.07) is 4.25. The molecule has 1 saturated carbocycles. The minimum atomic E-state index is -0.375. The van der Waals surface area contributed by atoms with Gasteiger partial charge in [-0.15, -0.1) is 0 Å². The molecule has 3 rings (SSSR count). The van der Waals surface area contributed by atoms with Crippen molar-refractivity contribution in [2.45, 2.75) is 44.6 Å². The molecule has 1 spiro atoms. The Labute approximate surface area is 106 Å². The van der Waals surface area contributed by atoms with Gasteiger partial charge in [0.2, 0.25) is 0 Å². The molecule has 1 aromatic rings. The van der Waals surface area contributed by atoms with E-state index >= 15 is 0 Å². The molecule has 2 aliphatic rings. The third-order valence-corrected chi connectivity index (χ3v) is 4.40. The summed E-state index contributed by atoms with van der Waals surface area (Å²) in [5, 5.41) is 0. The zero-order valence-electron chi connectivity index (χ0n) is 10.5. The molecule has 2 atom stereocenters. The minimum Gasteiger partial charge on any atom is -0.486 e. The molecule has 0 saturated heterocycles. The molecule has 2 unspecified atom stereocenters. The van der Waals surface area contributed by atoms with Crippen LogP contribution in [0.5, 0.6) is 5.75 Å². The van der Waals surface area contributed by atoms with E-state index in [2.05, 4.69) is 6.92 Å². The van der Waals surface area contributed by atoms with Gasteiger partial charge in [0, 0.05) is 0 Å². The number of hydrogen-bond donors (Lipinski definition) is 0. The van der Waals surface area contributed by atoms with E-state index in [4.69, 9.17) is 4.74 Å². The number of fused-ring (bicyclic) bond motifs is 1. The van der Waals surface area contributed by atoms with E-state index in [1.807, 2.05) is 0 Å². The van der Waals surface area contributed by atoms with E-state index in [1.54, 1.807) is 6.07 Å². The molecular formula is C15H17FO2. The molecular weight excluding hydrogens is 231 g/mol. The van der Waals surface area contributed by atoms with E-state index < -0.39 is 0 Å². The Kier molecular flexibility index (Phi) is 2.65. The Hall–Kier alpha value is -1.38. The number of hydrogen-bond acceptors (Lipinski definition) is 2. The molecule has 1 aliphatic heterocycles. The van der Waals surface area contributed by atoms with Crippen molar-refractivity contribution in [1.29, 1.82) is 0 Å². The van der Waals surface area contributed by atoms with Crippen LogP contribution in [0, 0.1) is 11.7 Å². The first-order chi connectivity index (χ1) is 8.64. The Morgan fingerprint density at radius 2 is 2.33 bits per heavy atom. The molecule has 0 N–H and O–H groups in total. The fourth-order valence-electron chi connectivity index (χ4n) is 3.49. The van der Waals surface area contributed by atoms with Gasteiger partial charge in [-0.2, -0.15) is 0 Å². The number of ketones is 1. The molecule has 3 heteroatoms. The lowest BCUT2D eigenvalue weighted by Crippen LogP contribution is -2.45. The molecule has 0 bridgehead atoms. The zero-order valence-corrected chi connectivity index (χ0v) is 10.5. The number of ether oxygens (including phenoxy) is 1. The van der Waals surface area contributed by atoms with Crippen molar-refractivity contribution in [2.24, 2.45) is 5.92 Å². The van der Waals surface area contributed by atoms with Crippen LogP contribution in [0.4, 0.5) is 4.39 Å². The second-order valence-corrected chi connectivity index (χ2v) is 5.40. The average molecular weight is 248 g/mol. The van der Waals surface area contributed by atoms with Crippen molar-refractivity contribution in [3.63, 3.8) is 0 Å². The smallest absolute Gasteiger partial charge is 0.170 e.